The number of nitrogens with zero attached hydrogens (tertiary/aromatic N) is 2. The second-order valence-corrected chi connectivity index (χ2v) is 5.28. The molecule has 0 unspecified atom stereocenters. The summed E-state index contributed by atoms with van der Waals surface area (Å²) in [7, 11) is 0. The normalized spacial score (nSPS) is 10.8. The van der Waals surface area contributed by atoms with Crippen molar-refractivity contribution in [2.45, 2.75) is 0 Å². The number of esters is 1. The molecular formula is C18H13N3O6. The van der Waals surface area contributed by atoms with Crippen molar-refractivity contribution in [1.29, 1.82) is 0 Å². The number of carbonyl (C=O) groups excluding carboxylic acids is 2. The molecule has 9 nitrogen and oxygen atoms in total. The number of ether oxygens (including phenoxy) is 1. The summed E-state index contributed by atoms with van der Waals surface area (Å²) < 4.78 is 10.2. The maximum absolute atomic E-state index is 11.8. The zero-order chi connectivity index (χ0) is 19.2. The minimum Gasteiger partial charge on any atom is -0.452 e. The zero-order valence-corrected chi connectivity index (χ0v) is 13.8. The van der Waals surface area contributed by atoms with Crippen LogP contribution in [0.25, 0.3) is 17.2 Å². The van der Waals surface area contributed by atoms with E-state index in [9.17, 15) is 19.7 Å². The van der Waals surface area contributed by atoms with Crippen LogP contribution in [-0.4, -0.2) is 28.4 Å². The van der Waals surface area contributed by atoms with Crippen molar-refractivity contribution in [1.82, 2.24) is 4.98 Å². The maximum Gasteiger partial charge on any atom is 0.331 e. The minimum atomic E-state index is -0.782. The number of aromatic nitrogens is 1. The third-order valence-electron chi connectivity index (χ3n) is 3.39. The van der Waals surface area contributed by atoms with Crippen molar-refractivity contribution in [3.8, 4) is 0 Å². The Kier molecular flexibility index (Phi) is 5.22. The van der Waals surface area contributed by atoms with Crippen LogP contribution in [0.2, 0.25) is 0 Å². The Labute approximate surface area is 152 Å². The van der Waals surface area contributed by atoms with Crippen LogP contribution in [0.1, 0.15) is 5.89 Å². The summed E-state index contributed by atoms with van der Waals surface area (Å²) in [5.41, 5.74) is 0.988. The third-order valence-corrected chi connectivity index (χ3v) is 3.39. The Balaban J connectivity index is 1.54. The van der Waals surface area contributed by atoms with Crippen LogP contribution in [-0.2, 0) is 14.3 Å². The SMILES string of the molecule is O=C(COC(=O)/C=C/c1nc2ccccc2o1)Nc1ccccc1[N+](=O)[O-]. The standard InChI is InChI=1S/C18H13N3O6/c22-16(19-12-5-1-3-7-14(12)21(24)25)11-26-18(23)10-9-17-20-13-6-2-4-8-15(13)27-17/h1-10H,11H2,(H,19,22)/b10-9+. The molecule has 0 bridgehead atoms. The zero-order valence-electron chi connectivity index (χ0n) is 13.8. The fourth-order valence-corrected chi connectivity index (χ4v) is 2.21. The predicted molar refractivity (Wildman–Crippen MR) is 95.7 cm³/mol. The number of nitro groups is 1. The van der Waals surface area contributed by atoms with Crippen LogP contribution in [0.15, 0.2) is 59.0 Å². The first-order valence-electron chi connectivity index (χ1n) is 7.76. The first-order chi connectivity index (χ1) is 13.0. The molecule has 0 radical (unpaired) electrons. The van der Waals surface area contributed by atoms with Gasteiger partial charge < -0.3 is 14.5 Å². The van der Waals surface area contributed by atoms with Crippen LogP contribution < -0.4 is 5.32 Å². The largest absolute Gasteiger partial charge is 0.452 e. The van der Waals surface area contributed by atoms with Gasteiger partial charge in [-0.25, -0.2) is 9.78 Å². The highest BCUT2D eigenvalue weighted by Gasteiger charge is 2.15. The Morgan fingerprint density at radius 3 is 2.70 bits per heavy atom. The molecule has 0 aliphatic carbocycles. The molecule has 0 aliphatic heterocycles. The fraction of sp³-hybridized carbons (Fsp3) is 0.0556. The number of para-hydroxylation sites is 4. The molecule has 0 fully saturated rings. The molecule has 136 valence electrons. The van der Waals surface area contributed by atoms with Gasteiger partial charge in [-0.2, -0.15) is 0 Å². The molecule has 0 aliphatic rings. The monoisotopic (exact) mass is 367 g/mol. The number of anilines is 1. The molecule has 1 N–H and O–H groups in total. The lowest BCUT2D eigenvalue weighted by Gasteiger charge is -2.05. The molecule has 2 aromatic carbocycles. The van der Waals surface area contributed by atoms with Gasteiger partial charge in [-0.15, -0.1) is 0 Å². The number of nitrogens with one attached hydrogen (secondary N) is 1. The van der Waals surface area contributed by atoms with Crippen LogP contribution in [0.5, 0.6) is 0 Å². The molecule has 27 heavy (non-hydrogen) atoms. The second kappa shape index (κ2) is 7.91. The van der Waals surface area contributed by atoms with Gasteiger partial charge in [-0.3, -0.25) is 14.9 Å². The van der Waals surface area contributed by atoms with E-state index < -0.39 is 23.4 Å². The number of amides is 1. The van der Waals surface area contributed by atoms with E-state index in [2.05, 4.69) is 10.3 Å². The number of rotatable bonds is 6. The molecule has 1 aromatic heterocycles. The number of hydrogen-bond acceptors (Lipinski definition) is 7. The molecule has 0 saturated heterocycles. The van der Waals surface area contributed by atoms with Crippen LogP contribution in [0, 0.1) is 10.1 Å². The third kappa shape index (κ3) is 4.54. The quantitative estimate of drug-likeness (QED) is 0.307. The molecule has 0 spiro atoms. The first kappa shape index (κ1) is 17.8. The Morgan fingerprint density at radius 1 is 1.19 bits per heavy atom. The maximum atomic E-state index is 11.8. The van der Waals surface area contributed by atoms with Crippen LogP contribution in [0.3, 0.4) is 0 Å². The Bertz CT molecular complexity index is 1010. The van der Waals surface area contributed by atoms with Crippen molar-refractivity contribution >= 4 is 40.4 Å². The summed E-state index contributed by atoms with van der Waals surface area (Å²) >= 11 is 0. The Hall–Kier alpha value is -4.01. The second-order valence-electron chi connectivity index (χ2n) is 5.28. The fourth-order valence-electron chi connectivity index (χ4n) is 2.21. The predicted octanol–water partition coefficient (Wildman–Crippen LogP) is 2.93. The van der Waals surface area contributed by atoms with E-state index in [-0.39, 0.29) is 17.3 Å². The van der Waals surface area contributed by atoms with E-state index in [1.54, 1.807) is 18.2 Å². The van der Waals surface area contributed by atoms with Gasteiger partial charge in [-0.05, 0) is 18.2 Å². The number of benzene rings is 2. The van der Waals surface area contributed by atoms with Crippen LogP contribution >= 0.6 is 0 Å². The highest BCUT2D eigenvalue weighted by Crippen LogP contribution is 2.22. The minimum absolute atomic E-state index is 0.0190. The molecule has 0 saturated carbocycles. The lowest BCUT2D eigenvalue weighted by atomic mass is 10.2. The number of oxazole rings is 1. The molecule has 3 aromatic rings. The molecular weight excluding hydrogens is 354 g/mol. The van der Waals surface area contributed by atoms with E-state index in [1.807, 2.05) is 6.07 Å². The van der Waals surface area contributed by atoms with Gasteiger partial charge in [0.25, 0.3) is 11.6 Å². The van der Waals surface area contributed by atoms with Gasteiger partial charge in [0, 0.05) is 18.2 Å². The number of nitro benzene ring substituents is 1. The molecule has 9 heteroatoms. The summed E-state index contributed by atoms with van der Waals surface area (Å²) in [6, 6.07) is 12.8. The van der Waals surface area contributed by atoms with Gasteiger partial charge in [0.15, 0.2) is 12.2 Å². The van der Waals surface area contributed by atoms with Crippen LogP contribution in [0.4, 0.5) is 11.4 Å². The lowest BCUT2D eigenvalue weighted by molar-refractivity contribution is -0.383. The van der Waals surface area contributed by atoms with E-state index in [4.69, 9.17) is 9.15 Å². The van der Waals surface area contributed by atoms with Gasteiger partial charge in [-0.1, -0.05) is 24.3 Å². The van der Waals surface area contributed by atoms with E-state index in [1.165, 1.54) is 30.3 Å². The van der Waals surface area contributed by atoms with Crippen molar-refractivity contribution in [2.24, 2.45) is 0 Å². The van der Waals surface area contributed by atoms with E-state index in [0.717, 1.165) is 6.08 Å². The Morgan fingerprint density at radius 2 is 1.93 bits per heavy atom. The summed E-state index contributed by atoms with van der Waals surface area (Å²) in [4.78, 5) is 38.0. The van der Waals surface area contributed by atoms with Crippen molar-refractivity contribution in [2.75, 3.05) is 11.9 Å². The summed E-state index contributed by atoms with van der Waals surface area (Å²) in [6.45, 7) is -0.594. The highest BCUT2D eigenvalue weighted by atomic mass is 16.6. The molecule has 1 heterocycles. The van der Waals surface area contributed by atoms with Gasteiger partial charge in [0.2, 0.25) is 5.89 Å². The average molecular weight is 367 g/mol. The van der Waals surface area contributed by atoms with Gasteiger partial charge in [0.1, 0.15) is 11.2 Å². The lowest BCUT2D eigenvalue weighted by Crippen LogP contribution is -2.20. The molecule has 1 amide bonds. The molecule has 0 atom stereocenters. The topological polar surface area (TPSA) is 125 Å². The van der Waals surface area contributed by atoms with E-state index in [0.29, 0.717) is 11.1 Å². The van der Waals surface area contributed by atoms with Crippen molar-refractivity contribution < 1.29 is 23.7 Å². The highest BCUT2D eigenvalue weighted by molar-refractivity contribution is 5.96. The van der Waals surface area contributed by atoms with Crippen molar-refractivity contribution in [3.63, 3.8) is 0 Å². The summed E-state index contributed by atoms with van der Waals surface area (Å²) in [6.07, 6.45) is 2.39. The molecule has 3 rings (SSSR count). The number of carbonyl (C=O) groups is 2. The number of fused-ring (bicyclic) bond motifs is 1. The van der Waals surface area contributed by atoms with Gasteiger partial charge in [0.05, 0.1) is 4.92 Å². The first-order valence-corrected chi connectivity index (χ1v) is 7.76. The van der Waals surface area contributed by atoms with Crippen molar-refractivity contribution in [3.05, 3.63) is 70.6 Å². The summed E-state index contributed by atoms with van der Waals surface area (Å²) in [5, 5.41) is 13.2. The smallest absolute Gasteiger partial charge is 0.331 e. The average Bonchev–Trinajstić information content (AvgIpc) is 3.08. The number of hydrogen-bond donors (Lipinski definition) is 1. The summed E-state index contributed by atoms with van der Waals surface area (Å²) in [5.74, 6) is -1.26. The van der Waals surface area contributed by atoms with E-state index >= 15 is 0 Å². The van der Waals surface area contributed by atoms with Gasteiger partial charge >= 0.3 is 5.97 Å².